The third-order valence-corrected chi connectivity index (χ3v) is 4.58. The summed E-state index contributed by atoms with van der Waals surface area (Å²) in [6.45, 7) is 0. The van der Waals surface area contributed by atoms with Crippen molar-refractivity contribution in [1.29, 1.82) is 0 Å². The quantitative estimate of drug-likeness (QED) is 0.661. The first kappa shape index (κ1) is 16.4. The van der Waals surface area contributed by atoms with Gasteiger partial charge in [-0.3, -0.25) is 15.1 Å². The van der Waals surface area contributed by atoms with Crippen LogP contribution in [-0.4, -0.2) is 9.97 Å². The molecular formula is C19H16F2N4O. The topological polar surface area (TPSA) is 83.8 Å². The highest BCUT2D eigenvalue weighted by molar-refractivity contribution is 5.40. The predicted molar refractivity (Wildman–Crippen MR) is 93.5 cm³/mol. The molecule has 0 fully saturated rings. The molecule has 4 N–H and O–H groups in total. The first-order valence-electron chi connectivity index (χ1n) is 8.17. The molecule has 0 aliphatic carbocycles. The lowest BCUT2D eigenvalue weighted by molar-refractivity contribution is 0.439. The van der Waals surface area contributed by atoms with Crippen LogP contribution in [0.3, 0.4) is 0 Å². The number of fused-ring (bicyclic) bond motifs is 1. The van der Waals surface area contributed by atoms with Gasteiger partial charge in [0.15, 0.2) is 0 Å². The number of nitrogens with two attached hydrogens (primary N) is 1. The Hall–Kier alpha value is -3.06. The minimum Gasteiger partial charge on any atom is -0.369 e. The number of aromatic amines is 1. The molecule has 2 aromatic carbocycles. The number of aromatic nitrogens is 2. The van der Waals surface area contributed by atoms with Crippen molar-refractivity contribution in [3.05, 3.63) is 92.9 Å². The second kappa shape index (κ2) is 6.34. The molecule has 4 rings (SSSR count). The Bertz CT molecular complexity index is 1000. The van der Waals surface area contributed by atoms with Gasteiger partial charge in [0.25, 0.3) is 5.56 Å². The van der Waals surface area contributed by atoms with Gasteiger partial charge in [0.05, 0.1) is 17.3 Å². The maximum Gasteiger partial charge on any atom is 0.257 e. The number of hydrogen-bond acceptors (Lipinski definition) is 4. The zero-order valence-electron chi connectivity index (χ0n) is 13.7. The Kier molecular flexibility index (Phi) is 4.00. The summed E-state index contributed by atoms with van der Waals surface area (Å²) in [4.78, 5) is 19.3. The van der Waals surface area contributed by atoms with Crippen LogP contribution in [0.1, 0.15) is 34.5 Å². The molecule has 132 valence electrons. The van der Waals surface area contributed by atoms with Crippen LogP contribution in [-0.2, 0) is 6.42 Å². The molecule has 0 amide bonds. The molecule has 2 heterocycles. The van der Waals surface area contributed by atoms with Gasteiger partial charge < -0.3 is 5.73 Å². The zero-order chi connectivity index (χ0) is 18.3. The van der Waals surface area contributed by atoms with Crippen molar-refractivity contribution in [2.24, 2.45) is 0 Å². The average molecular weight is 354 g/mol. The van der Waals surface area contributed by atoms with E-state index >= 15 is 0 Å². The summed E-state index contributed by atoms with van der Waals surface area (Å²) < 4.78 is 26.6. The van der Waals surface area contributed by atoms with Crippen LogP contribution in [0.5, 0.6) is 0 Å². The molecule has 3 aromatic rings. The van der Waals surface area contributed by atoms with Crippen molar-refractivity contribution in [3.63, 3.8) is 0 Å². The highest BCUT2D eigenvalue weighted by Crippen LogP contribution is 2.33. The number of hydrogen-bond donors (Lipinski definition) is 3. The van der Waals surface area contributed by atoms with Gasteiger partial charge in [-0.1, -0.05) is 24.3 Å². The van der Waals surface area contributed by atoms with E-state index < -0.39 is 6.04 Å². The molecule has 1 aliphatic heterocycles. The molecule has 0 spiro atoms. The summed E-state index contributed by atoms with van der Waals surface area (Å²) in [7, 11) is 0. The third kappa shape index (κ3) is 2.97. The maximum atomic E-state index is 13.3. The lowest BCUT2D eigenvalue weighted by atomic mass is 9.88. The smallest absolute Gasteiger partial charge is 0.257 e. The Morgan fingerprint density at radius 2 is 1.54 bits per heavy atom. The number of benzene rings is 2. The molecule has 5 nitrogen and oxygen atoms in total. The van der Waals surface area contributed by atoms with Crippen LogP contribution >= 0.6 is 0 Å². The lowest BCUT2D eigenvalue weighted by Crippen LogP contribution is -2.39. The number of halogens is 2. The van der Waals surface area contributed by atoms with Gasteiger partial charge in [-0.25, -0.2) is 13.8 Å². The van der Waals surface area contributed by atoms with E-state index in [-0.39, 0.29) is 29.2 Å². The van der Waals surface area contributed by atoms with Gasteiger partial charge in [0.2, 0.25) is 5.95 Å². The van der Waals surface area contributed by atoms with Crippen LogP contribution in [0.2, 0.25) is 0 Å². The fourth-order valence-electron chi connectivity index (χ4n) is 3.37. The molecule has 2 atom stereocenters. The molecule has 0 bridgehead atoms. The first-order valence-corrected chi connectivity index (χ1v) is 8.17. The van der Waals surface area contributed by atoms with Crippen LogP contribution in [0, 0.1) is 11.6 Å². The van der Waals surface area contributed by atoms with Crippen LogP contribution in [0.4, 0.5) is 14.7 Å². The van der Waals surface area contributed by atoms with Crippen molar-refractivity contribution in [2.45, 2.75) is 18.5 Å². The Balaban J connectivity index is 1.83. The fraction of sp³-hybridized carbons (Fsp3) is 0.158. The summed E-state index contributed by atoms with van der Waals surface area (Å²) in [5.41, 5.74) is 8.02. The molecular weight excluding hydrogens is 338 g/mol. The third-order valence-electron chi connectivity index (χ3n) is 4.58. The van der Waals surface area contributed by atoms with E-state index in [1.807, 2.05) is 0 Å². The van der Waals surface area contributed by atoms with E-state index in [9.17, 15) is 13.6 Å². The normalized spacial score (nSPS) is 19.2. The van der Waals surface area contributed by atoms with Gasteiger partial charge in [-0.2, -0.15) is 0 Å². The number of H-pyrrole nitrogens is 1. The van der Waals surface area contributed by atoms with E-state index in [1.165, 1.54) is 24.3 Å². The van der Waals surface area contributed by atoms with Crippen molar-refractivity contribution in [3.8, 4) is 0 Å². The number of rotatable bonds is 2. The van der Waals surface area contributed by atoms with E-state index in [4.69, 9.17) is 5.73 Å². The lowest BCUT2D eigenvalue weighted by Gasteiger charge is -2.32. The largest absolute Gasteiger partial charge is 0.369 e. The molecule has 2 unspecified atom stereocenters. The maximum absolute atomic E-state index is 13.3. The van der Waals surface area contributed by atoms with Gasteiger partial charge in [-0.05, 0) is 35.4 Å². The number of nitrogens with one attached hydrogen (secondary N) is 2. The second-order valence-corrected chi connectivity index (χ2v) is 6.27. The van der Waals surface area contributed by atoms with Crippen LogP contribution < -0.4 is 16.6 Å². The predicted octanol–water partition coefficient (Wildman–Crippen LogP) is 2.61. The minimum absolute atomic E-state index is 0.0476. The monoisotopic (exact) mass is 354 g/mol. The molecule has 26 heavy (non-hydrogen) atoms. The SMILES string of the molecule is Nc1nc2c(c(=O)[nH]1)C(c1ccc(F)cc1)NC(c1ccc(F)cc1)C2. The van der Waals surface area contributed by atoms with Gasteiger partial charge in [0, 0.05) is 12.5 Å². The average Bonchev–Trinajstić information content (AvgIpc) is 2.61. The second-order valence-electron chi connectivity index (χ2n) is 6.27. The van der Waals surface area contributed by atoms with Crippen LogP contribution in [0.15, 0.2) is 53.3 Å². The summed E-state index contributed by atoms with van der Waals surface area (Å²) in [6, 6.07) is 11.4. The number of anilines is 1. The Morgan fingerprint density at radius 3 is 2.15 bits per heavy atom. The number of nitrogens with zero attached hydrogens (tertiary/aromatic N) is 1. The summed E-state index contributed by atoms with van der Waals surface area (Å²) in [5, 5.41) is 3.40. The Labute approximate surface area is 147 Å². The van der Waals surface area contributed by atoms with E-state index in [1.54, 1.807) is 24.3 Å². The molecule has 0 saturated heterocycles. The van der Waals surface area contributed by atoms with Crippen molar-refractivity contribution >= 4 is 5.95 Å². The highest BCUT2D eigenvalue weighted by Gasteiger charge is 2.32. The molecule has 0 radical (unpaired) electrons. The van der Waals surface area contributed by atoms with Gasteiger partial charge in [0.1, 0.15) is 11.6 Å². The van der Waals surface area contributed by atoms with Crippen molar-refractivity contribution in [2.75, 3.05) is 5.73 Å². The molecule has 7 heteroatoms. The van der Waals surface area contributed by atoms with Crippen LogP contribution in [0.25, 0.3) is 0 Å². The van der Waals surface area contributed by atoms with Gasteiger partial charge >= 0.3 is 0 Å². The van der Waals surface area contributed by atoms with Gasteiger partial charge in [-0.15, -0.1) is 0 Å². The summed E-state index contributed by atoms with van der Waals surface area (Å²) in [6.07, 6.45) is 0.437. The van der Waals surface area contributed by atoms with Crippen molar-refractivity contribution < 1.29 is 8.78 Å². The first-order chi connectivity index (χ1) is 12.5. The minimum atomic E-state index is -0.480. The van der Waals surface area contributed by atoms with E-state index in [2.05, 4.69) is 15.3 Å². The van der Waals surface area contributed by atoms with E-state index in [0.717, 1.165) is 11.1 Å². The van der Waals surface area contributed by atoms with Crippen molar-refractivity contribution in [1.82, 2.24) is 15.3 Å². The Morgan fingerprint density at radius 1 is 0.962 bits per heavy atom. The zero-order valence-corrected chi connectivity index (χ0v) is 13.7. The standard InChI is InChI=1S/C19H16F2N4O/c20-12-5-1-10(2-6-12)14-9-15-16(18(26)25-19(22)24-15)17(23-14)11-3-7-13(21)8-4-11/h1-8,14,17,23H,9H2,(H3,22,24,25,26). The van der Waals surface area contributed by atoms with E-state index in [0.29, 0.717) is 17.7 Å². The highest BCUT2D eigenvalue weighted by atomic mass is 19.1. The molecule has 1 aliphatic rings. The molecule has 0 saturated carbocycles. The molecule has 1 aromatic heterocycles. The fourth-order valence-corrected chi connectivity index (χ4v) is 3.37. The summed E-state index contributed by atoms with van der Waals surface area (Å²) in [5.74, 6) is -0.630. The summed E-state index contributed by atoms with van der Waals surface area (Å²) >= 11 is 0. The number of nitrogen functional groups attached to an aromatic ring is 1.